The first-order valence-electron chi connectivity index (χ1n) is 12.1. The maximum atomic E-state index is 10.2. The van der Waals surface area contributed by atoms with Crippen LogP contribution in [0.4, 0.5) is 0 Å². The standard InChI is InChI=1S/C26H38N2O2/c1-2-3-4-7-21-8-10-23(11-9-21)26-24-19-27(18-22-12-16-30-17-13-22)14-5-6-15-28(24)25(26)20-29/h8-11,22,24-26,29H,2-3,5-6,12-20H2,1H3/t24-,25+,26+/m0/s1. The minimum Gasteiger partial charge on any atom is -0.395 e. The lowest BCUT2D eigenvalue weighted by atomic mass is 9.74. The molecule has 3 aliphatic heterocycles. The molecule has 0 radical (unpaired) electrons. The Hall–Kier alpha value is -1.38. The number of ether oxygens (including phenoxy) is 1. The first-order valence-corrected chi connectivity index (χ1v) is 12.1. The second-order valence-corrected chi connectivity index (χ2v) is 9.28. The molecule has 3 aliphatic rings. The Morgan fingerprint density at radius 2 is 1.87 bits per heavy atom. The van der Waals surface area contributed by atoms with Crippen molar-refractivity contribution in [2.24, 2.45) is 5.92 Å². The number of unbranched alkanes of at least 4 members (excludes halogenated alkanes) is 1. The SMILES string of the molecule is CCCC#Cc1ccc([C@H]2[C@@H](CO)N3CCCCN(CC4CCOCC4)C[C@@H]23)cc1. The van der Waals surface area contributed by atoms with E-state index in [2.05, 4.69) is 52.8 Å². The summed E-state index contributed by atoms with van der Waals surface area (Å²) in [6.45, 7) is 8.93. The average Bonchev–Trinajstić information content (AvgIpc) is 2.76. The van der Waals surface area contributed by atoms with Crippen molar-refractivity contribution in [2.75, 3.05) is 46.0 Å². The molecule has 0 unspecified atom stereocenters. The van der Waals surface area contributed by atoms with Crippen LogP contribution in [0.25, 0.3) is 0 Å². The van der Waals surface area contributed by atoms with Gasteiger partial charge >= 0.3 is 0 Å². The van der Waals surface area contributed by atoms with Crippen LogP contribution in [0.5, 0.6) is 0 Å². The van der Waals surface area contributed by atoms with Crippen molar-refractivity contribution in [1.29, 1.82) is 0 Å². The van der Waals surface area contributed by atoms with Crippen molar-refractivity contribution < 1.29 is 9.84 Å². The Morgan fingerprint density at radius 3 is 2.60 bits per heavy atom. The Morgan fingerprint density at radius 1 is 1.10 bits per heavy atom. The quantitative estimate of drug-likeness (QED) is 0.754. The number of fused-ring (bicyclic) bond motifs is 1. The zero-order valence-corrected chi connectivity index (χ0v) is 18.6. The predicted molar refractivity (Wildman–Crippen MR) is 122 cm³/mol. The van der Waals surface area contributed by atoms with E-state index in [0.717, 1.165) is 50.6 Å². The smallest absolute Gasteiger partial charge is 0.0593 e. The fourth-order valence-corrected chi connectivity index (χ4v) is 5.55. The summed E-state index contributed by atoms with van der Waals surface area (Å²) >= 11 is 0. The van der Waals surface area contributed by atoms with Gasteiger partial charge in [-0.25, -0.2) is 0 Å². The summed E-state index contributed by atoms with van der Waals surface area (Å²) in [4.78, 5) is 5.29. The zero-order chi connectivity index (χ0) is 20.8. The molecule has 4 heteroatoms. The minimum absolute atomic E-state index is 0.249. The van der Waals surface area contributed by atoms with Crippen molar-refractivity contribution in [3.05, 3.63) is 35.4 Å². The monoisotopic (exact) mass is 410 g/mol. The fourth-order valence-electron chi connectivity index (χ4n) is 5.55. The van der Waals surface area contributed by atoms with Gasteiger partial charge in [-0.05, 0) is 68.8 Å². The van der Waals surface area contributed by atoms with Crippen molar-refractivity contribution in [3.63, 3.8) is 0 Å². The number of rotatable bonds is 5. The average molecular weight is 411 g/mol. The zero-order valence-electron chi connectivity index (χ0n) is 18.6. The predicted octanol–water partition coefficient (Wildman–Crippen LogP) is 3.49. The number of hydrogen-bond acceptors (Lipinski definition) is 4. The van der Waals surface area contributed by atoms with Crippen LogP contribution in [0, 0.1) is 17.8 Å². The molecule has 4 nitrogen and oxygen atoms in total. The maximum Gasteiger partial charge on any atom is 0.0593 e. The van der Waals surface area contributed by atoms with Gasteiger partial charge < -0.3 is 14.7 Å². The molecule has 164 valence electrons. The van der Waals surface area contributed by atoms with Gasteiger partial charge in [0.1, 0.15) is 0 Å². The molecule has 1 aromatic carbocycles. The summed E-state index contributed by atoms with van der Waals surface area (Å²) in [5.41, 5.74) is 2.46. The van der Waals surface area contributed by atoms with E-state index in [9.17, 15) is 5.11 Å². The molecule has 1 aromatic rings. The number of aliphatic hydroxyl groups is 1. The third-order valence-corrected chi connectivity index (χ3v) is 7.21. The normalized spacial score (nSPS) is 28.5. The summed E-state index contributed by atoms with van der Waals surface area (Å²) in [5, 5.41) is 10.2. The van der Waals surface area contributed by atoms with Gasteiger partial charge in [0.15, 0.2) is 0 Å². The van der Waals surface area contributed by atoms with E-state index in [1.54, 1.807) is 0 Å². The molecule has 3 saturated heterocycles. The lowest BCUT2D eigenvalue weighted by Gasteiger charge is -2.57. The summed E-state index contributed by atoms with van der Waals surface area (Å²) in [5.74, 6) is 7.71. The Labute approximate surface area is 182 Å². The third-order valence-electron chi connectivity index (χ3n) is 7.21. The van der Waals surface area contributed by atoms with Crippen molar-refractivity contribution >= 4 is 0 Å². The Bertz CT molecular complexity index is 717. The molecule has 0 aliphatic carbocycles. The highest BCUT2D eigenvalue weighted by Gasteiger charge is 2.49. The molecule has 0 amide bonds. The molecule has 3 fully saturated rings. The molecule has 0 spiro atoms. The topological polar surface area (TPSA) is 35.9 Å². The van der Waals surface area contributed by atoms with Crippen LogP contribution >= 0.6 is 0 Å². The highest BCUT2D eigenvalue weighted by molar-refractivity contribution is 5.39. The molecule has 3 heterocycles. The summed E-state index contributed by atoms with van der Waals surface area (Å²) in [6, 6.07) is 9.61. The van der Waals surface area contributed by atoms with Crippen LogP contribution in [-0.2, 0) is 4.74 Å². The number of aliphatic hydroxyl groups excluding tert-OH is 1. The first-order chi connectivity index (χ1) is 14.8. The van der Waals surface area contributed by atoms with E-state index in [-0.39, 0.29) is 12.6 Å². The summed E-state index contributed by atoms with van der Waals surface area (Å²) in [6.07, 6.45) is 6.96. The van der Waals surface area contributed by atoms with E-state index in [0.29, 0.717) is 12.0 Å². The largest absolute Gasteiger partial charge is 0.395 e. The van der Waals surface area contributed by atoms with E-state index in [1.165, 1.54) is 44.3 Å². The molecule has 0 aromatic heterocycles. The molecule has 0 bridgehead atoms. The van der Waals surface area contributed by atoms with Gasteiger partial charge in [0.25, 0.3) is 0 Å². The molecular weight excluding hydrogens is 372 g/mol. The second kappa shape index (κ2) is 10.8. The molecular formula is C26H38N2O2. The van der Waals surface area contributed by atoms with Crippen LogP contribution in [-0.4, -0.2) is 73.0 Å². The third kappa shape index (κ3) is 5.08. The summed E-state index contributed by atoms with van der Waals surface area (Å²) in [7, 11) is 0. The second-order valence-electron chi connectivity index (χ2n) is 9.28. The number of hydrogen-bond donors (Lipinski definition) is 1. The van der Waals surface area contributed by atoms with E-state index < -0.39 is 0 Å². The van der Waals surface area contributed by atoms with Crippen molar-refractivity contribution in [3.8, 4) is 11.8 Å². The first kappa shape index (κ1) is 21.8. The fraction of sp³-hybridized carbons (Fsp3) is 0.692. The van der Waals surface area contributed by atoms with Crippen molar-refractivity contribution in [2.45, 2.75) is 63.5 Å². The Balaban J connectivity index is 1.46. The number of benzene rings is 1. The maximum absolute atomic E-state index is 10.2. The lowest BCUT2D eigenvalue weighted by molar-refractivity contribution is -0.0677. The van der Waals surface area contributed by atoms with Gasteiger partial charge in [0.05, 0.1) is 6.61 Å². The van der Waals surface area contributed by atoms with Crippen LogP contribution in [0.1, 0.15) is 62.5 Å². The van der Waals surface area contributed by atoms with Crippen LogP contribution in [0.3, 0.4) is 0 Å². The molecule has 1 N–H and O–H groups in total. The van der Waals surface area contributed by atoms with E-state index in [1.807, 2.05) is 0 Å². The molecule has 4 rings (SSSR count). The van der Waals surface area contributed by atoms with E-state index >= 15 is 0 Å². The highest BCUT2D eigenvalue weighted by Crippen LogP contribution is 2.42. The van der Waals surface area contributed by atoms with Crippen LogP contribution < -0.4 is 0 Å². The van der Waals surface area contributed by atoms with Crippen LogP contribution in [0.2, 0.25) is 0 Å². The lowest BCUT2D eigenvalue weighted by Crippen LogP contribution is -2.67. The van der Waals surface area contributed by atoms with Gasteiger partial charge in [-0.2, -0.15) is 0 Å². The molecule has 3 atom stereocenters. The van der Waals surface area contributed by atoms with Gasteiger partial charge in [-0.1, -0.05) is 30.9 Å². The Kier molecular flexibility index (Phi) is 7.84. The van der Waals surface area contributed by atoms with Gasteiger partial charge in [-0.3, -0.25) is 4.90 Å². The van der Waals surface area contributed by atoms with E-state index in [4.69, 9.17) is 4.74 Å². The molecule has 30 heavy (non-hydrogen) atoms. The summed E-state index contributed by atoms with van der Waals surface area (Å²) < 4.78 is 5.56. The van der Waals surface area contributed by atoms with Crippen molar-refractivity contribution in [1.82, 2.24) is 9.80 Å². The van der Waals surface area contributed by atoms with Crippen LogP contribution in [0.15, 0.2) is 24.3 Å². The minimum atomic E-state index is 0.249. The van der Waals surface area contributed by atoms with Gasteiger partial charge in [-0.15, -0.1) is 0 Å². The van der Waals surface area contributed by atoms with Gasteiger partial charge in [0, 0.05) is 56.3 Å². The number of nitrogens with zero attached hydrogens (tertiary/aromatic N) is 2. The molecule has 0 saturated carbocycles. The highest BCUT2D eigenvalue weighted by atomic mass is 16.5. The van der Waals surface area contributed by atoms with Gasteiger partial charge in [0.2, 0.25) is 0 Å².